The maximum absolute atomic E-state index is 12.4. The Morgan fingerprint density at radius 1 is 1.29 bits per heavy atom. The van der Waals surface area contributed by atoms with Crippen LogP contribution in [0, 0.1) is 0 Å². The number of carbonyl (C=O) groups excluding carboxylic acids is 1. The zero-order valence-electron chi connectivity index (χ0n) is 10.2. The average Bonchev–Trinajstić information content (AvgIpc) is 2.53. The smallest absolute Gasteiger partial charge is 0.374 e. The Kier molecular flexibility index (Phi) is 2.36. The third-order valence-electron chi connectivity index (χ3n) is 3.58. The summed E-state index contributed by atoms with van der Waals surface area (Å²) < 4.78 is 0.0931. The predicted octanol–water partition coefficient (Wildman–Crippen LogP) is 0.955. The largest absolute Gasteiger partial charge is 0.476 e. The molecule has 0 radical (unpaired) electrons. The van der Waals surface area contributed by atoms with Crippen molar-refractivity contribution in [2.45, 2.75) is 12.0 Å². The minimum Gasteiger partial charge on any atom is -0.476 e. The van der Waals surface area contributed by atoms with Gasteiger partial charge in [-0.2, -0.15) is 0 Å². The Morgan fingerprint density at radius 3 is 2.35 bits per heavy atom. The van der Waals surface area contributed by atoms with Gasteiger partial charge >= 0.3 is 5.97 Å². The van der Waals surface area contributed by atoms with Crippen molar-refractivity contribution in [2.75, 3.05) is 21.1 Å². The molecule has 1 aliphatic carbocycles. The molecule has 2 rings (SSSR count). The molecular formula is C13H16NO3+. The number of fused-ring (bicyclic) bond motifs is 1. The SMILES string of the molecule is C[N+](C)(C)C1(C(=O)O)Cc2ccccc2C1=O. The highest BCUT2D eigenvalue weighted by Gasteiger charge is 2.61. The topological polar surface area (TPSA) is 54.4 Å². The Balaban J connectivity index is 2.63. The molecule has 0 saturated carbocycles. The molecule has 17 heavy (non-hydrogen) atoms. The van der Waals surface area contributed by atoms with E-state index < -0.39 is 11.5 Å². The summed E-state index contributed by atoms with van der Waals surface area (Å²) in [6.45, 7) is 0. The summed E-state index contributed by atoms with van der Waals surface area (Å²) in [7, 11) is 5.24. The van der Waals surface area contributed by atoms with Crippen LogP contribution in [0.5, 0.6) is 0 Å². The number of Topliss-reactive ketones (excluding diaryl/α,β-unsaturated/α-hetero) is 1. The maximum Gasteiger partial charge on any atom is 0.374 e. The lowest BCUT2D eigenvalue weighted by Gasteiger charge is -2.38. The van der Waals surface area contributed by atoms with Crippen LogP contribution in [-0.4, -0.2) is 48.0 Å². The molecule has 0 amide bonds. The van der Waals surface area contributed by atoms with Crippen LogP contribution in [0.25, 0.3) is 0 Å². The highest BCUT2D eigenvalue weighted by Crippen LogP contribution is 2.36. The lowest BCUT2D eigenvalue weighted by molar-refractivity contribution is -0.902. The van der Waals surface area contributed by atoms with Crippen LogP contribution in [0.3, 0.4) is 0 Å². The van der Waals surface area contributed by atoms with E-state index in [1.807, 2.05) is 12.1 Å². The van der Waals surface area contributed by atoms with E-state index in [-0.39, 0.29) is 16.7 Å². The van der Waals surface area contributed by atoms with Gasteiger partial charge in [0.1, 0.15) is 0 Å². The van der Waals surface area contributed by atoms with E-state index in [1.165, 1.54) is 0 Å². The van der Waals surface area contributed by atoms with Gasteiger partial charge in [0, 0.05) is 12.0 Å². The van der Waals surface area contributed by atoms with E-state index in [0.29, 0.717) is 5.56 Å². The van der Waals surface area contributed by atoms with Crippen LogP contribution >= 0.6 is 0 Å². The second kappa shape index (κ2) is 3.40. The van der Waals surface area contributed by atoms with Gasteiger partial charge in [0.25, 0.3) is 5.54 Å². The van der Waals surface area contributed by atoms with E-state index in [2.05, 4.69) is 0 Å². The summed E-state index contributed by atoms with van der Waals surface area (Å²) in [6.07, 6.45) is 0.265. The van der Waals surface area contributed by atoms with E-state index >= 15 is 0 Å². The molecule has 1 aliphatic rings. The number of quaternary nitrogens is 1. The predicted molar refractivity (Wildman–Crippen MR) is 62.9 cm³/mol. The zero-order chi connectivity index (χ0) is 12.8. The van der Waals surface area contributed by atoms with E-state index in [1.54, 1.807) is 33.3 Å². The first-order valence-electron chi connectivity index (χ1n) is 5.48. The van der Waals surface area contributed by atoms with Gasteiger partial charge in [-0.15, -0.1) is 0 Å². The van der Waals surface area contributed by atoms with Gasteiger partial charge in [-0.05, 0) is 5.56 Å². The van der Waals surface area contributed by atoms with Crippen LogP contribution in [0.4, 0.5) is 0 Å². The number of rotatable bonds is 2. The van der Waals surface area contributed by atoms with Crippen LogP contribution in [0.1, 0.15) is 15.9 Å². The molecule has 0 bridgehead atoms. The number of hydrogen-bond donors (Lipinski definition) is 1. The first kappa shape index (κ1) is 11.8. The van der Waals surface area contributed by atoms with E-state index in [0.717, 1.165) is 5.56 Å². The van der Waals surface area contributed by atoms with Crippen LogP contribution in [0.15, 0.2) is 24.3 Å². The minimum atomic E-state index is -1.39. The fourth-order valence-electron chi connectivity index (χ4n) is 2.48. The van der Waals surface area contributed by atoms with Gasteiger partial charge in [0.2, 0.25) is 5.78 Å². The molecule has 0 aliphatic heterocycles. The van der Waals surface area contributed by atoms with E-state index in [9.17, 15) is 14.7 Å². The molecule has 0 spiro atoms. The van der Waals surface area contributed by atoms with Crippen molar-refractivity contribution in [3.05, 3.63) is 35.4 Å². The number of aliphatic carboxylic acids is 1. The third kappa shape index (κ3) is 1.41. The maximum atomic E-state index is 12.4. The Hall–Kier alpha value is -1.68. The number of likely N-dealkylation sites (N-methyl/N-ethyl adjacent to an activating group) is 1. The van der Waals surface area contributed by atoms with Crippen molar-refractivity contribution in [1.29, 1.82) is 0 Å². The van der Waals surface area contributed by atoms with Gasteiger partial charge in [-0.1, -0.05) is 24.3 Å². The van der Waals surface area contributed by atoms with Crippen LogP contribution in [-0.2, 0) is 11.2 Å². The standard InChI is InChI=1S/C13H15NO3/c1-14(2,3)13(12(16)17)8-9-6-4-5-7-10(9)11(13)15/h4-7H,8H2,1-3H3/p+1. The van der Waals surface area contributed by atoms with Crippen molar-refractivity contribution < 1.29 is 19.2 Å². The van der Waals surface area contributed by atoms with Crippen molar-refractivity contribution in [1.82, 2.24) is 0 Å². The number of carbonyl (C=O) groups is 2. The summed E-state index contributed by atoms with van der Waals surface area (Å²) in [6, 6.07) is 7.13. The Morgan fingerprint density at radius 2 is 1.88 bits per heavy atom. The second-order valence-corrected chi connectivity index (χ2v) is 5.34. The van der Waals surface area contributed by atoms with Gasteiger partial charge in [0.05, 0.1) is 21.1 Å². The second-order valence-electron chi connectivity index (χ2n) is 5.34. The lowest BCUT2D eigenvalue weighted by Crippen LogP contribution is -2.65. The fourth-order valence-corrected chi connectivity index (χ4v) is 2.48. The summed E-state index contributed by atoms with van der Waals surface area (Å²) in [5, 5.41) is 9.51. The van der Waals surface area contributed by atoms with Gasteiger partial charge < -0.3 is 9.59 Å². The van der Waals surface area contributed by atoms with Crippen molar-refractivity contribution >= 4 is 11.8 Å². The lowest BCUT2D eigenvalue weighted by atomic mass is 9.91. The number of ketones is 1. The molecule has 1 aromatic carbocycles. The fraction of sp³-hybridized carbons (Fsp3) is 0.385. The normalized spacial score (nSPS) is 23.6. The highest BCUT2D eigenvalue weighted by atomic mass is 16.4. The molecule has 0 aromatic heterocycles. The zero-order valence-corrected chi connectivity index (χ0v) is 10.2. The van der Waals surface area contributed by atoms with Gasteiger partial charge in [-0.25, -0.2) is 4.79 Å². The number of carboxylic acids is 1. The first-order chi connectivity index (χ1) is 7.80. The number of benzene rings is 1. The van der Waals surface area contributed by atoms with Gasteiger partial charge in [0.15, 0.2) is 0 Å². The van der Waals surface area contributed by atoms with E-state index in [4.69, 9.17) is 0 Å². The molecular weight excluding hydrogens is 218 g/mol. The van der Waals surface area contributed by atoms with Crippen LogP contribution < -0.4 is 0 Å². The molecule has 0 saturated heterocycles. The number of nitrogens with zero attached hydrogens (tertiary/aromatic N) is 1. The van der Waals surface area contributed by atoms with Crippen molar-refractivity contribution in [2.24, 2.45) is 0 Å². The average molecular weight is 234 g/mol. The van der Waals surface area contributed by atoms with Crippen molar-refractivity contribution in [3.63, 3.8) is 0 Å². The quantitative estimate of drug-likeness (QED) is 0.612. The van der Waals surface area contributed by atoms with Crippen molar-refractivity contribution in [3.8, 4) is 0 Å². The molecule has 1 aromatic rings. The minimum absolute atomic E-state index is 0.0931. The summed E-state index contributed by atoms with van der Waals surface area (Å²) in [4.78, 5) is 24.0. The molecule has 1 N–H and O–H groups in total. The summed E-state index contributed by atoms with van der Waals surface area (Å²) >= 11 is 0. The van der Waals surface area contributed by atoms with Gasteiger partial charge in [-0.3, -0.25) is 4.79 Å². The number of carboxylic acid groups (broad SMARTS) is 1. The first-order valence-corrected chi connectivity index (χ1v) is 5.48. The third-order valence-corrected chi connectivity index (χ3v) is 3.58. The number of hydrogen-bond acceptors (Lipinski definition) is 2. The Bertz CT molecular complexity index is 502. The van der Waals surface area contributed by atoms with Crippen LogP contribution in [0.2, 0.25) is 0 Å². The molecule has 1 unspecified atom stereocenters. The molecule has 90 valence electrons. The Labute approximate surface area is 100 Å². The monoisotopic (exact) mass is 234 g/mol. The summed E-state index contributed by atoms with van der Waals surface area (Å²) in [5.74, 6) is -1.33. The molecule has 0 heterocycles. The molecule has 0 fully saturated rings. The molecule has 4 nitrogen and oxygen atoms in total. The highest BCUT2D eigenvalue weighted by molar-refractivity contribution is 6.18. The summed E-state index contributed by atoms with van der Waals surface area (Å²) in [5.41, 5.74) is -0.0140. The molecule has 4 heteroatoms. The molecule has 1 atom stereocenters.